The highest BCUT2D eigenvalue weighted by Gasteiger charge is 2.24. The molecular formula is C6H5I2N3. The van der Waals surface area contributed by atoms with Crippen LogP contribution >= 0.6 is 45.5 Å². The molecule has 11 heavy (non-hydrogen) atoms. The molecule has 0 bridgehead atoms. The van der Waals surface area contributed by atoms with E-state index in [4.69, 9.17) is 0 Å². The van der Waals surface area contributed by atoms with Crippen LogP contribution < -0.4 is 8.43 Å². The molecule has 1 N–H and O–H groups in total. The Morgan fingerprint density at radius 1 is 1.64 bits per heavy atom. The van der Waals surface area contributed by atoms with Gasteiger partial charge in [0, 0.05) is 6.20 Å². The summed E-state index contributed by atoms with van der Waals surface area (Å²) in [6.07, 6.45) is 1.80. The highest BCUT2D eigenvalue weighted by molar-refractivity contribution is 14.1. The number of nitrogens with one attached hydrogen (secondary N) is 1. The van der Waals surface area contributed by atoms with Crippen LogP contribution in [0.5, 0.6) is 0 Å². The van der Waals surface area contributed by atoms with E-state index in [9.17, 15) is 0 Å². The lowest BCUT2D eigenvalue weighted by atomic mass is 10.4. The maximum absolute atomic E-state index is 4.20. The number of pyridine rings is 1. The van der Waals surface area contributed by atoms with E-state index in [1.165, 1.54) is 0 Å². The molecule has 0 saturated carbocycles. The van der Waals surface area contributed by atoms with Gasteiger partial charge in [0.1, 0.15) is 0 Å². The maximum atomic E-state index is 4.20. The number of nitrogens with zero attached hydrogens (tertiary/aromatic N) is 2. The summed E-state index contributed by atoms with van der Waals surface area (Å²) in [6.45, 7) is 0. The third-order valence-electron chi connectivity index (χ3n) is 1.47. The third kappa shape index (κ3) is 1.28. The summed E-state index contributed by atoms with van der Waals surface area (Å²) >= 11 is 4.59. The van der Waals surface area contributed by atoms with Gasteiger partial charge in [0.2, 0.25) is 0 Å². The van der Waals surface area contributed by atoms with Crippen LogP contribution in [0.1, 0.15) is 0 Å². The van der Waals surface area contributed by atoms with Crippen LogP contribution in [0.4, 0.5) is 11.5 Å². The van der Waals surface area contributed by atoms with E-state index < -0.39 is 0 Å². The van der Waals surface area contributed by atoms with E-state index in [0.717, 1.165) is 11.5 Å². The second kappa shape index (κ2) is 2.92. The van der Waals surface area contributed by atoms with Gasteiger partial charge in [-0.25, -0.2) is 4.98 Å². The summed E-state index contributed by atoms with van der Waals surface area (Å²) < 4.78 is 2.44. The van der Waals surface area contributed by atoms with Crippen LogP contribution in [0.3, 0.4) is 0 Å². The second-order valence-electron chi connectivity index (χ2n) is 2.16. The van der Waals surface area contributed by atoms with Gasteiger partial charge in [0.25, 0.3) is 0 Å². The molecule has 0 fully saturated rings. The van der Waals surface area contributed by atoms with Crippen LogP contribution in [-0.2, 0) is 0 Å². The predicted molar refractivity (Wildman–Crippen MR) is 62.2 cm³/mol. The summed E-state index contributed by atoms with van der Waals surface area (Å²) in [5, 5.41) is 3.24. The largest absolute Gasteiger partial charge is 0.339 e. The Morgan fingerprint density at radius 2 is 2.45 bits per heavy atom. The smallest absolute Gasteiger partial charge is 0.162 e. The fraction of sp³-hybridized carbons (Fsp3) is 0.167. The van der Waals surface area contributed by atoms with Crippen LogP contribution in [0, 0.1) is 0 Å². The van der Waals surface area contributed by atoms with Gasteiger partial charge in [0.15, 0.2) is 9.99 Å². The van der Waals surface area contributed by atoms with Crippen molar-refractivity contribution >= 4 is 57.0 Å². The number of alkyl halides is 1. The maximum Gasteiger partial charge on any atom is 0.162 e. The third-order valence-corrected chi connectivity index (χ3v) is 4.48. The van der Waals surface area contributed by atoms with Gasteiger partial charge >= 0.3 is 0 Å². The molecule has 0 aliphatic carbocycles. The lowest BCUT2D eigenvalue weighted by molar-refractivity contribution is 1.18. The minimum Gasteiger partial charge on any atom is -0.339 e. The molecule has 1 aliphatic heterocycles. The zero-order valence-corrected chi connectivity index (χ0v) is 9.77. The monoisotopic (exact) mass is 373 g/mol. The molecule has 1 unspecified atom stereocenters. The normalized spacial score (nSPS) is 21.3. The molecule has 1 aromatic heterocycles. The average Bonchev–Trinajstić information content (AvgIpc) is 2.30. The number of rotatable bonds is 0. The van der Waals surface area contributed by atoms with E-state index in [2.05, 4.69) is 64.9 Å². The Hall–Kier alpha value is 0.210. The topological polar surface area (TPSA) is 28.2 Å². The molecule has 0 amide bonds. The molecule has 1 atom stereocenters. The summed E-state index contributed by atoms with van der Waals surface area (Å²) in [5.74, 6) is 0.973. The summed E-state index contributed by atoms with van der Waals surface area (Å²) in [4.78, 5) is 4.20. The molecule has 0 radical (unpaired) electrons. The summed E-state index contributed by atoms with van der Waals surface area (Å²) in [5.41, 5.74) is 1.16. The van der Waals surface area contributed by atoms with E-state index in [0.29, 0.717) is 4.17 Å². The van der Waals surface area contributed by atoms with Gasteiger partial charge in [-0.2, -0.15) is 0 Å². The van der Waals surface area contributed by atoms with Gasteiger partial charge in [-0.05, 0) is 34.7 Å². The van der Waals surface area contributed by atoms with Crippen LogP contribution in [-0.4, -0.2) is 9.16 Å². The van der Waals surface area contributed by atoms with Gasteiger partial charge < -0.3 is 5.32 Å². The lowest BCUT2D eigenvalue weighted by Gasteiger charge is -2.11. The first kappa shape index (κ1) is 7.84. The van der Waals surface area contributed by atoms with Crippen LogP contribution in [0.2, 0.25) is 0 Å². The number of aromatic nitrogens is 1. The standard InChI is InChI=1S/C6H5I2N3/c7-6-10-5-4(11(6)8)2-1-3-9-5/h1-3,6H,(H,9,10). The summed E-state index contributed by atoms with van der Waals surface area (Å²) in [6, 6.07) is 4.00. The van der Waals surface area contributed by atoms with Crippen molar-refractivity contribution in [3.8, 4) is 0 Å². The molecule has 5 heteroatoms. The minimum absolute atomic E-state index is 0.318. The quantitative estimate of drug-likeness (QED) is 0.328. The van der Waals surface area contributed by atoms with E-state index in [1.807, 2.05) is 6.07 Å². The van der Waals surface area contributed by atoms with Crippen molar-refractivity contribution in [2.24, 2.45) is 0 Å². The molecule has 2 rings (SSSR count). The Balaban J connectivity index is 2.47. The van der Waals surface area contributed by atoms with Crippen molar-refractivity contribution in [3.63, 3.8) is 0 Å². The highest BCUT2D eigenvalue weighted by Crippen LogP contribution is 2.36. The number of halogens is 2. The molecule has 2 heterocycles. The SMILES string of the molecule is IC1Nc2ncccc2N1I. The summed E-state index contributed by atoms with van der Waals surface area (Å²) in [7, 11) is 0. The Morgan fingerprint density at radius 3 is 3.18 bits per heavy atom. The van der Waals surface area contributed by atoms with Crippen LogP contribution in [0.25, 0.3) is 0 Å². The Bertz CT molecular complexity index is 278. The van der Waals surface area contributed by atoms with Crippen molar-refractivity contribution in [2.75, 3.05) is 8.43 Å². The van der Waals surface area contributed by atoms with E-state index in [1.54, 1.807) is 6.20 Å². The Kier molecular flexibility index (Phi) is 2.08. The van der Waals surface area contributed by atoms with Gasteiger partial charge in [0.05, 0.1) is 28.6 Å². The molecule has 0 spiro atoms. The number of hydrogen-bond acceptors (Lipinski definition) is 3. The lowest BCUT2D eigenvalue weighted by Crippen LogP contribution is -2.19. The van der Waals surface area contributed by atoms with Crippen LogP contribution in [0.15, 0.2) is 18.3 Å². The van der Waals surface area contributed by atoms with Gasteiger partial charge in [-0.3, -0.25) is 3.11 Å². The Labute approximate surface area is 92.2 Å². The van der Waals surface area contributed by atoms with Crippen molar-refractivity contribution in [1.29, 1.82) is 0 Å². The number of fused-ring (bicyclic) bond motifs is 1. The van der Waals surface area contributed by atoms with E-state index in [-0.39, 0.29) is 0 Å². The molecule has 3 nitrogen and oxygen atoms in total. The van der Waals surface area contributed by atoms with Crippen molar-refractivity contribution in [3.05, 3.63) is 18.3 Å². The molecule has 1 aliphatic rings. The zero-order valence-electron chi connectivity index (χ0n) is 5.46. The van der Waals surface area contributed by atoms with Crippen molar-refractivity contribution in [2.45, 2.75) is 4.17 Å². The first-order chi connectivity index (χ1) is 5.29. The van der Waals surface area contributed by atoms with Gasteiger partial charge in [-0.15, -0.1) is 0 Å². The molecule has 0 aromatic carbocycles. The first-order valence-corrected chi connectivity index (χ1v) is 5.31. The molecule has 1 aromatic rings. The van der Waals surface area contributed by atoms with E-state index >= 15 is 0 Å². The second-order valence-corrected chi connectivity index (χ2v) is 4.38. The molecule has 58 valence electrons. The van der Waals surface area contributed by atoms with Gasteiger partial charge in [-0.1, -0.05) is 0 Å². The fourth-order valence-electron chi connectivity index (χ4n) is 0.972. The fourth-order valence-corrected chi connectivity index (χ4v) is 2.10. The first-order valence-electron chi connectivity index (χ1n) is 3.09. The minimum atomic E-state index is 0.318. The zero-order chi connectivity index (χ0) is 7.84. The average molecular weight is 373 g/mol. The molecular weight excluding hydrogens is 368 g/mol. The van der Waals surface area contributed by atoms with Crippen molar-refractivity contribution < 1.29 is 0 Å². The predicted octanol–water partition coefficient (Wildman–Crippen LogP) is 2.38. The highest BCUT2D eigenvalue weighted by atomic mass is 127. The van der Waals surface area contributed by atoms with Crippen molar-refractivity contribution in [1.82, 2.24) is 4.98 Å². The number of hydrogen-bond donors (Lipinski definition) is 1. The number of anilines is 2. The molecule has 0 saturated heterocycles.